The Morgan fingerprint density at radius 1 is 1.39 bits per heavy atom. The third-order valence-corrected chi connectivity index (χ3v) is 3.94. The molecule has 0 radical (unpaired) electrons. The van der Waals surface area contributed by atoms with Gasteiger partial charge >= 0.3 is 0 Å². The predicted molar refractivity (Wildman–Crippen MR) is 77.5 cm³/mol. The van der Waals surface area contributed by atoms with Crippen molar-refractivity contribution in [3.05, 3.63) is 51.7 Å². The lowest BCUT2D eigenvalue weighted by molar-refractivity contribution is 0.772. The zero-order chi connectivity index (χ0) is 12.5. The number of benzene rings is 1. The van der Waals surface area contributed by atoms with Crippen LogP contribution in [-0.2, 0) is 0 Å². The molecular weight excluding hydrogens is 266 g/mol. The van der Waals surface area contributed by atoms with Crippen LogP contribution in [0.3, 0.4) is 0 Å². The summed E-state index contributed by atoms with van der Waals surface area (Å²) < 4.78 is 0. The highest BCUT2D eigenvalue weighted by Crippen LogP contribution is 2.33. The van der Waals surface area contributed by atoms with Crippen molar-refractivity contribution in [1.82, 2.24) is 0 Å². The lowest BCUT2D eigenvalue weighted by atomic mass is 10.1. The highest BCUT2D eigenvalue weighted by atomic mass is 35.5. The van der Waals surface area contributed by atoms with Gasteiger partial charge < -0.3 is 10.6 Å². The zero-order valence-electron chi connectivity index (χ0n) is 9.58. The summed E-state index contributed by atoms with van der Waals surface area (Å²) in [6.45, 7) is 0.690. The van der Waals surface area contributed by atoms with Crippen LogP contribution in [0.2, 0.25) is 5.02 Å². The van der Waals surface area contributed by atoms with Gasteiger partial charge in [-0.2, -0.15) is 11.3 Å². The summed E-state index contributed by atoms with van der Waals surface area (Å²) in [6.07, 6.45) is 0. The van der Waals surface area contributed by atoms with Gasteiger partial charge in [-0.3, -0.25) is 4.99 Å². The summed E-state index contributed by atoms with van der Waals surface area (Å²) in [5.41, 5.74) is 8.22. The Labute approximate surface area is 115 Å². The van der Waals surface area contributed by atoms with Gasteiger partial charge in [-0.1, -0.05) is 17.7 Å². The maximum Gasteiger partial charge on any atom is 0.196 e. The Balaban J connectivity index is 1.99. The van der Waals surface area contributed by atoms with Gasteiger partial charge in [-0.05, 0) is 40.6 Å². The molecule has 0 saturated heterocycles. The molecule has 1 aliphatic rings. The monoisotopic (exact) mass is 277 g/mol. The van der Waals surface area contributed by atoms with E-state index in [1.54, 1.807) is 11.3 Å². The van der Waals surface area contributed by atoms with Crippen molar-refractivity contribution in [2.45, 2.75) is 6.04 Å². The standard InChI is InChI=1S/C13H12ClN3S/c14-10-2-1-3-11(6-10)17-12(7-16-13(17)15)9-4-5-18-8-9/h1-6,8,12H,7H2,(H2,15,16). The topological polar surface area (TPSA) is 41.6 Å². The smallest absolute Gasteiger partial charge is 0.196 e. The summed E-state index contributed by atoms with van der Waals surface area (Å²) >= 11 is 7.72. The summed E-state index contributed by atoms with van der Waals surface area (Å²) in [4.78, 5) is 6.38. The van der Waals surface area contributed by atoms with Gasteiger partial charge in [0.1, 0.15) is 0 Å². The zero-order valence-corrected chi connectivity index (χ0v) is 11.2. The van der Waals surface area contributed by atoms with Crippen LogP contribution in [0.4, 0.5) is 5.69 Å². The van der Waals surface area contributed by atoms with Crippen LogP contribution in [0.5, 0.6) is 0 Å². The van der Waals surface area contributed by atoms with Crippen LogP contribution in [0.25, 0.3) is 0 Å². The van der Waals surface area contributed by atoms with E-state index in [0.29, 0.717) is 17.5 Å². The summed E-state index contributed by atoms with van der Waals surface area (Å²) in [7, 11) is 0. The number of nitrogens with zero attached hydrogens (tertiary/aromatic N) is 2. The van der Waals surface area contributed by atoms with E-state index in [-0.39, 0.29) is 6.04 Å². The van der Waals surface area contributed by atoms with Crippen LogP contribution in [-0.4, -0.2) is 12.5 Å². The molecule has 2 N–H and O–H groups in total. The molecule has 1 aromatic heterocycles. The van der Waals surface area contributed by atoms with Gasteiger partial charge in [0, 0.05) is 10.7 Å². The van der Waals surface area contributed by atoms with Gasteiger partial charge in [0.15, 0.2) is 5.96 Å². The Kier molecular flexibility index (Phi) is 2.97. The largest absolute Gasteiger partial charge is 0.369 e. The molecule has 1 atom stereocenters. The molecule has 0 amide bonds. The van der Waals surface area contributed by atoms with Crippen LogP contribution in [0, 0.1) is 0 Å². The normalized spacial score (nSPS) is 19.1. The first kappa shape index (κ1) is 11.6. The lowest BCUT2D eigenvalue weighted by Gasteiger charge is -2.26. The van der Waals surface area contributed by atoms with E-state index < -0.39 is 0 Å². The molecule has 0 spiro atoms. The minimum absolute atomic E-state index is 0.176. The van der Waals surface area contributed by atoms with Crippen LogP contribution >= 0.6 is 22.9 Å². The second-order valence-electron chi connectivity index (χ2n) is 4.12. The SMILES string of the molecule is NC1=NCC(c2ccsc2)N1c1cccc(Cl)c1. The molecule has 1 unspecified atom stereocenters. The van der Waals surface area contributed by atoms with Gasteiger partial charge in [0.2, 0.25) is 0 Å². The van der Waals surface area contributed by atoms with Crippen LogP contribution in [0.1, 0.15) is 11.6 Å². The van der Waals surface area contributed by atoms with E-state index in [1.165, 1.54) is 5.56 Å². The molecule has 18 heavy (non-hydrogen) atoms. The van der Waals surface area contributed by atoms with Crippen molar-refractivity contribution in [3.63, 3.8) is 0 Å². The predicted octanol–water partition coefficient (Wildman–Crippen LogP) is 3.28. The third kappa shape index (κ3) is 1.98. The Morgan fingerprint density at radius 2 is 2.28 bits per heavy atom. The molecule has 3 nitrogen and oxygen atoms in total. The number of halogens is 1. The average Bonchev–Trinajstić information content (AvgIpc) is 2.97. The van der Waals surface area contributed by atoms with E-state index in [1.807, 2.05) is 29.2 Å². The fraction of sp³-hybridized carbons (Fsp3) is 0.154. The Bertz CT molecular complexity index is 580. The molecule has 0 bridgehead atoms. The van der Waals surface area contributed by atoms with Crippen molar-refractivity contribution < 1.29 is 0 Å². The maximum atomic E-state index is 6.04. The molecular formula is C13H12ClN3S. The van der Waals surface area contributed by atoms with Crippen LogP contribution in [0.15, 0.2) is 46.1 Å². The van der Waals surface area contributed by atoms with E-state index >= 15 is 0 Å². The molecule has 0 fully saturated rings. The van der Waals surface area contributed by atoms with Gasteiger partial charge in [0.05, 0.1) is 12.6 Å². The van der Waals surface area contributed by atoms with Crippen molar-refractivity contribution >= 4 is 34.6 Å². The molecule has 1 aliphatic heterocycles. The highest BCUT2D eigenvalue weighted by Gasteiger charge is 2.29. The number of hydrogen-bond donors (Lipinski definition) is 1. The van der Waals surface area contributed by atoms with E-state index in [0.717, 1.165) is 5.69 Å². The Morgan fingerprint density at radius 3 is 3.00 bits per heavy atom. The van der Waals surface area contributed by atoms with E-state index in [4.69, 9.17) is 17.3 Å². The van der Waals surface area contributed by atoms with Crippen molar-refractivity contribution in [2.75, 3.05) is 11.4 Å². The van der Waals surface area contributed by atoms with Gasteiger partial charge in [-0.15, -0.1) is 0 Å². The number of nitrogens with two attached hydrogens (primary N) is 1. The lowest BCUT2D eigenvalue weighted by Crippen LogP contribution is -2.35. The molecule has 2 aromatic rings. The second kappa shape index (κ2) is 4.63. The summed E-state index contributed by atoms with van der Waals surface area (Å²) in [6, 6.07) is 9.98. The van der Waals surface area contributed by atoms with E-state index in [9.17, 15) is 0 Å². The van der Waals surface area contributed by atoms with Crippen LogP contribution < -0.4 is 10.6 Å². The van der Waals surface area contributed by atoms with Crippen molar-refractivity contribution in [2.24, 2.45) is 10.7 Å². The summed E-state index contributed by atoms with van der Waals surface area (Å²) in [5.74, 6) is 0.550. The minimum Gasteiger partial charge on any atom is -0.369 e. The molecule has 1 aromatic carbocycles. The van der Waals surface area contributed by atoms with Gasteiger partial charge in [-0.25, -0.2) is 0 Å². The first-order valence-electron chi connectivity index (χ1n) is 5.62. The first-order valence-corrected chi connectivity index (χ1v) is 6.94. The second-order valence-corrected chi connectivity index (χ2v) is 5.34. The quantitative estimate of drug-likeness (QED) is 0.915. The molecule has 2 heterocycles. The summed E-state index contributed by atoms with van der Waals surface area (Å²) in [5, 5.41) is 4.91. The fourth-order valence-electron chi connectivity index (χ4n) is 2.15. The number of thiophene rings is 1. The molecule has 3 rings (SSSR count). The average molecular weight is 278 g/mol. The number of hydrogen-bond acceptors (Lipinski definition) is 4. The number of aliphatic imine (C=N–C) groups is 1. The number of guanidine groups is 1. The molecule has 92 valence electrons. The number of rotatable bonds is 2. The minimum atomic E-state index is 0.176. The molecule has 0 saturated carbocycles. The third-order valence-electron chi connectivity index (χ3n) is 3.00. The van der Waals surface area contributed by atoms with E-state index in [2.05, 4.69) is 21.8 Å². The Hall–Kier alpha value is -1.52. The highest BCUT2D eigenvalue weighted by molar-refractivity contribution is 7.08. The number of anilines is 1. The molecule has 5 heteroatoms. The van der Waals surface area contributed by atoms with Crippen molar-refractivity contribution in [3.8, 4) is 0 Å². The fourth-order valence-corrected chi connectivity index (χ4v) is 3.05. The maximum absolute atomic E-state index is 6.04. The molecule has 0 aliphatic carbocycles. The van der Waals surface area contributed by atoms with Gasteiger partial charge in [0.25, 0.3) is 0 Å². The van der Waals surface area contributed by atoms with Crippen molar-refractivity contribution in [1.29, 1.82) is 0 Å². The first-order chi connectivity index (χ1) is 8.75.